The van der Waals surface area contributed by atoms with E-state index in [0.29, 0.717) is 11.4 Å². The molecule has 1 N–H and O–H groups in total. The first-order chi connectivity index (χ1) is 9.11. The molecule has 0 aliphatic carbocycles. The van der Waals surface area contributed by atoms with E-state index in [1.165, 1.54) is 4.68 Å². The zero-order valence-corrected chi connectivity index (χ0v) is 11.4. The summed E-state index contributed by atoms with van der Waals surface area (Å²) in [7, 11) is 0. The molecule has 0 unspecified atom stereocenters. The van der Waals surface area contributed by atoms with E-state index in [1.807, 2.05) is 31.2 Å². The van der Waals surface area contributed by atoms with E-state index >= 15 is 0 Å². The Hall–Kier alpha value is -1.65. The number of hydrogen-bond acceptors (Lipinski definition) is 3. The summed E-state index contributed by atoms with van der Waals surface area (Å²) in [6.07, 6.45) is 0.577. The third-order valence-corrected chi connectivity index (χ3v) is 3.31. The number of hydrogen-bond donors (Lipinski definition) is 1. The van der Waals surface area contributed by atoms with Crippen molar-refractivity contribution in [1.29, 1.82) is 0 Å². The third-order valence-electron chi connectivity index (χ3n) is 2.94. The highest BCUT2D eigenvalue weighted by molar-refractivity contribution is 6.31. The number of aliphatic hydroxyl groups excluding tert-OH is 1. The third kappa shape index (κ3) is 3.22. The van der Waals surface area contributed by atoms with Crippen LogP contribution in [0.3, 0.4) is 0 Å². The summed E-state index contributed by atoms with van der Waals surface area (Å²) in [6.45, 7) is 1.96. The zero-order chi connectivity index (χ0) is 13.8. The predicted octanol–water partition coefficient (Wildman–Crippen LogP) is 1.79. The predicted molar refractivity (Wildman–Crippen MR) is 74.6 cm³/mol. The zero-order valence-electron chi connectivity index (χ0n) is 10.6. The Morgan fingerprint density at radius 1 is 1.32 bits per heavy atom. The smallest absolute Gasteiger partial charge is 0.267 e. The van der Waals surface area contributed by atoms with Gasteiger partial charge in [0.25, 0.3) is 5.56 Å². The molecular weight excluding hydrogens is 264 g/mol. The lowest BCUT2D eigenvalue weighted by Crippen LogP contribution is -2.25. The fourth-order valence-corrected chi connectivity index (χ4v) is 2.11. The Balaban J connectivity index is 2.34. The van der Waals surface area contributed by atoms with Crippen LogP contribution in [0.1, 0.15) is 16.8 Å². The molecule has 2 aromatic rings. The lowest BCUT2D eigenvalue weighted by atomic mass is 10.0. The van der Waals surface area contributed by atoms with Crippen molar-refractivity contribution >= 4 is 11.6 Å². The van der Waals surface area contributed by atoms with Crippen LogP contribution in [0.15, 0.2) is 35.1 Å². The Kier molecular flexibility index (Phi) is 4.35. The van der Waals surface area contributed by atoms with Crippen LogP contribution < -0.4 is 5.56 Å². The van der Waals surface area contributed by atoms with E-state index in [4.69, 9.17) is 16.7 Å². The second-order valence-corrected chi connectivity index (χ2v) is 4.72. The molecule has 0 aliphatic heterocycles. The monoisotopic (exact) mass is 278 g/mol. The number of aromatic nitrogens is 2. The van der Waals surface area contributed by atoms with Crippen molar-refractivity contribution in [3.05, 3.63) is 62.5 Å². The van der Waals surface area contributed by atoms with Crippen molar-refractivity contribution < 1.29 is 5.11 Å². The molecule has 0 saturated heterocycles. The second kappa shape index (κ2) is 5.99. The van der Waals surface area contributed by atoms with E-state index in [2.05, 4.69) is 5.10 Å². The van der Waals surface area contributed by atoms with Crippen molar-refractivity contribution in [1.82, 2.24) is 9.78 Å². The molecule has 0 bridgehead atoms. The Labute approximate surface area is 116 Å². The summed E-state index contributed by atoms with van der Waals surface area (Å²) in [4.78, 5) is 11.8. The number of nitrogens with zero attached hydrogens (tertiary/aromatic N) is 2. The number of aliphatic hydroxyl groups is 1. The van der Waals surface area contributed by atoms with E-state index in [0.717, 1.165) is 16.8 Å². The average molecular weight is 279 g/mol. The van der Waals surface area contributed by atoms with Gasteiger partial charge < -0.3 is 5.11 Å². The van der Waals surface area contributed by atoms with Gasteiger partial charge in [-0.1, -0.05) is 29.8 Å². The second-order valence-electron chi connectivity index (χ2n) is 4.31. The van der Waals surface area contributed by atoms with Crippen LogP contribution >= 0.6 is 11.6 Å². The van der Waals surface area contributed by atoms with Crippen LogP contribution in [0, 0.1) is 6.92 Å². The maximum atomic E-state index is 11.8. The van der Waals surface area contributed by atoms with Crippen LogP contribution in [-0.4, -0.2) is 21.5 Å². The van der Waals surface area contributed by atoms with Gasteiger partial charge in [0.1, 0.15) is 0 Å². The molecule has 1 aromatic heterocycles. The van der Waals surface area contributed by atoms with Crippen LogP contribution in [0.25, 0.3) is 0 Å². The van der Waals surface area contributed by atoms with Crippen LogP contribution in [0.5, 0.6) is 0 Å². The summed E-state index contributed by atoms with van der Waals surface area (Å²) >= 11 is 6.11. The fraction of sp³-hybridized carbons (Fsp3) is 0.286. The van der Waals surface area contributed by atoms with Gasteiger partial charge in [0, 0.05) is 17.5 Å². The molecular formula is C14H15ClN2O2. The van der Waals surface area contributed by atoms with Gasteiger partial charge in [0.05, 0.1) is 18.8 Å². The van der Waals surface area contributed by atoms with Crippen molar-refractivity contribution in [2.45, 2.75) is 19.9 Å². The molecule has 0 saturated carbocycles. The maximum Gasteiger partial charge on any atom is 0.267 e. The molecule has 0 fully saturated rings. The molecule has 0 aliphatic rings. The van der Waals surface area contributed by atoms with Crippen LogP contribution in [-0.2, 0) is 13.0 Å². The van der Waals surface area contributed by atoms with Crippen molar-refractivity contribution in [2.75, 3.05) is 6.61 Å². The minimum Gasteiger partial charge on any atom is -0.394 e. The fourth-order valence-electron chi connectivity index (χ4n) is 1.90. The summed E-state index contributed by atoms with van der Waals surface area (Å²) in [5.41, 5.74) is 2.38. The molecule has 19 heavy (non-hydrogen) atoms. The molecule has 1 aromatic carbocycles. The first-order valence-corrected chi connectivity index (χ1v) is 6.41. The van der Waals surface area contributed by atoms with Gasteiger partial charge in [-0.05, 0) is 24.1 Å². The molecule has 0 amide bonds. The van der Waals surface area contributed by atoms with Gasteiger partial charge in [-0.15, -0.1) is 0 Å². The van der Waals surface area contributed by atoms with Crippen LogP contribution in [0.4, 0.5) is 0 Å². The Bertz CT molecular complexity index is 638. The van der Waals surface area contributed by atoms with Gasteiger partial charge in [-0.3, -0.25) is 4.79 Å². The molecule has 1 heterocycles. The van der Waals surface area contributed by atoms with Gasteiger partial charge >= 0.3 is 0 Å². The van der Waals surface area contributed by atoms with Crippen molar-refractivity contribution in [3.8, 4) is 0 Å². The first-order valence-electron chi connectivity index (χ1n) is 6.03. The molecule has 0 atom stereocenters. The highest BCUT2D eigenvalue weighted by Crippen LogP contribution is 2.19. The normalized spacial score (nSPS) is 10.7. The minimum absolute atomic E-state index is 0.101. The number of halogens is 1. The Morgan fingerprint density at radius 3 is 2.74 bits per heavy atom. The van der Waals surface area contributed by atoms with Crippen LogP contribution in [0.2, 0.25) is 5.02 Å². The molecule has 0 radical (unpaired) electrons. The van der Waals surface area contributed by atoms with E-state index < -0.39 is 0 Å². The number of aryl methyl sites for hydroxylation is 1. The minimum atomic E-state index is -0.207. The SMILES string of the molecule is Cc1nn(CCO)c(=O)cc1Cc1ccccc1Cl. The van der Waals surface area contributed by atoms with Gasteiger partial charge in [0.2, 0.25) is 0 Å². The largest absolute Gasteiger partial charge is 0.394 e. The van der Waals surface area contributed by atoms with Crippen molar-refractivity contribution in [3.63, 3.8) is 0 Å². The van der Waals surface area contributed by atoms with Crippen molar-refractivity contribution in [2.24, 2.45) is 0 Å². The molecule has 5 heteroatoms. The standard InChI is InChI=1S/C14H15ClN2O2/c1-10-12(8-11-4-2-3-5-13(11)15)9-14(19)17(16-10)6-7-18/h2-5,9,18H,6-8H2,1H3. The molecule has 0 spiro atoms. The van der Waals surface area contributed by atoms with Gasteiger partial charge in [-0.2, -0.15) is 5.10 Å². The highest BCUT2D eigenvalue weighted by atomic mass is 35.5. The molecule has 100 valence electrons. The average Bonchev–Trinajstić information content (AvgIpc) is 2.38. The Morgan fingerprint density at radius 2 is 2.05 bits per heavy atom. The van der Waals surface area contributed by atoms with E-state index in [1.54, 1.807) is 6.07 Å². The quantitative estimate of drug-likeness (QED) is 0.928. The maximum absolute atomic E-state index is 11.8. The van der Waals surface area contributed by atoms with E-state index in [9.17, 15) is 4.79 Å². The highest BCUT2D eigenvalue weighted by Gasteiger charge is 2.08. The summed E-state index contributed by atoms with van der Waals surface area (Å²) in [6, 6.07) is 9.10. The molecule has 4 nitrogen and oxygen atoms in total. The lowest BCUT2D eigenvalue weighted by Gasteiger charge is -2.09. The number of benzene rings is 1. The molecule has 2 rings (SSSR count). The summed E-state index contributed by atoms with van der Waals surface area (Å²) < 4.78 is 1.27. The number of rotatable bonds is 4. The van der Waals surface area contributed by atoms with E-state index in [-0.39, 0.29) is 18.7 Å². The summed E-state index contributed by atoms with van der Waals surface area (Å²) in [5, 5.41) is 13.7. The first kappa shape index (κ1) is 13.8. The van der Waals surface area contributed by atoms with Gasteiger partial charge in [0.15, 0.2) is 0 Å². The summed E-state index contributed by atoms with van der Waals surface area (Å²) in [5.74, 6) is 0. The lowest BCUT2D eigenvalue weighted by molar-refractivity contribution is 0.265. The van der Waals surface area contributed by atoms with Gasteiger partial charge in [-0.25, -0.2) is 4.68 Å². The topological polar surface area (TPSA) is 55.1 Å².